The molecule has 0 aliphatic carbocycles. The molecule has 0 aromatic carbocycles. The van der Waals surface area contributed by atoms with Crippen LogP contribution in [0.4, 0.5) is 0 Å². The van der Waals surface area contributed by atoms with Crippen molar-refractivity contribution in [2.75, 3.05) is 6.54 Å². The van der Waals surface area contributed by atoms with Crippen molar-refractivity contribution in [1.82, 2.24) is 0 Å². The Morgan fingerprint density at radius 1 is 1.25 bits per heavy atom. The topological polar surface area (TPSA) is 23.8 Å². The SMILES string of the molecule is C=CC(C)(C)CC(C)(C)C[NH-].[Ru+]. The average molecular weight is 255 g/mol. The van der Waals surface area contributed by atoms with Crippen molar-refractivity contribution in [2.24, 2.45) is 10.8 Å². The van der Waals surface area contributed by atoms with E-state index in [1.165, 1.54) is 0 Å². The molecule has 0 saturated heterocycles. The zero-order valence-corrected chi connectivity index (χ0v) is 10.3. The first-order chi connectivity index (χ1) is 4.83. The molecule has 0 aliphatic heterocycles. The molecular weight excluding hydrogens is 235 g/mol. The number of rotatable bonds is 4. The van der Waals surface area contributed by atoms with E-state index in [0.29, 0.717) is 6.54 Å². The Kier molecular flexibility index (Phi) is 6.35. The van der Waals surface area contributed by atoms with Gasteiger partial charge in [-0.25, -0.2) is 0 Å². The van der Waals surface area contributed by atoms with Gasteiger partial charge in [-0.15, -0.1) is 13.1 Å². The van der Waals surface area contributed by atoms with E-state index < -0.39 is 0 Å². The van der Waals surface area contributed by atoms with E-state index in [4.69, 9.17) is 5.73 Å². The van der Waals surface area contributed by atoms with Crippen LogP contribution in [0.5, 0.6) is 0 Å². The Hall–Kier alpha value is 0.323. The van der Waals surface area contributed by atoms with E-state index in [9.17, 15) is 0 Å². The van der Waals surface area contributed by atoms with Crippen LogP contribution in [0.15, 0.2) is 12.7 Å². The summed E-state index contributed by atoms with van der Waals surface area (Å²) in [5.74, 6) is 0. The van der Waals surface area contributed by atoms with Gasteiger partial charge in [-0.05, 0) is 11.8 Å². The third-order valence-corrected chi connectivity index (χ3v) is 1.97. The van der Waals surface area contributed by atoms with Gasteiger partial charge < -0.3 is 5.73 Å². The zero-order chi connectivity index (χ0) is 9.12. The van der Waals surface area contributed by atoms with Crippen molar-refractivity contribution < 1.29 is 19.5 Å². The largest absolute Gasteiger partial charge is 1.00 e. The maximum absolute atomic E-state index is 7.33. The zero-order valence-electron chi connectivity index (χ0n) is 8.55. The van der Waals surface area contributed by atoms with Crippen LogP contribution in [-0.2, 0) is 19.5 Å². The van der Waals surface area contributed by atoms with Crippen LogP contribution in [0.25, 0.3) is 5.73 Å². The molecule has 0 atom stereocenters. The molecule has 1 nitrogen and oxygen atoms in total. The van der Waals surface area contributed by atoms with Crippen LogP contribution in [0.3, 0.4) is 0 Å². The van der Waals surface area contributed by atoms with Crippen molar-refractivity contribution in [3.63, 3.8) is 0 Å². The second-order valence-corrected chi connectivity index (χ2v) is 4.71. The van der Waals surface area contributed by atoms with Crippen LogP contribution in [0, 0.1) is 10.8 Å². The van der Waals surface area contributed by atoms with Crippen LogP contribution in [-0.4, -0.2) is 6.54 Å². The van der Waals surface area contributed by atoms with Crippen molar-refractivity contribution >= 4 is 0 Å². The van der Waals surface area contributed by atoms with Crippen LogP contribution >= 0.6 is 0 Å². The van der Waals surface area contributed by atoms with Crippen molar-refractivity contribution in [2.45, 2.75) is 34.1 Å². The van der Waals surface area contributed by atoms with Gasteiger partial charge in [0.05, 0.1) is 0 Å². The molecule has 0 spiro atoms. The van der Waals surface area contributed by atoms with Crippen molar-refractivity contribution in [1.29, 1.82) is 0 Å². The van der Waals surface area contributed by atoms with Crippen molar-refractivity contribution in [3.05, 3.63) is 18.4 Å². The molecule has 0 aromatic heterocycles. The summed E-state index contributed by atoms with van der Waals surface area (Å²) in [6, 6.07) is 0. The molecular formula is C10H20NRu. The fourth-order valence-corrected chi connectivity index (χ4v) is 1.37. The molecule has 0 rings (SSSR count). The van der Waals surface area contributed by atoms with E-state index in [-0.39, 0.29) is 30.3 Å². The third kappa shape index (κ3) is 5.91. The molecule has 12 heavy (non-hydrogen) atoms. The molecule has 73 valence electrons. The van der Waals surface area contributed by atoms with Gasteiger partial charge in [-0.3, -0.25) is 0 Å². The minimum atomic E-state index is 0. The quantitative estimate of drug-likeness (QED) is 0.541. The predicted octanol–water partition coefficient (Wildman–Crippen LogP) is 3.66. The molecule has 0 saturated carbocycles. The minimum Gasteiger partial charge on any atom is -0.677 e. The molecule has 0 amide bonds. The van der Waals surface area contributed by atoms with Gasteiger partial charge in [0, 0.05) is 0 Å². The van der Waals surface area contributed by atoms with Gasteiger partial charge >= 0.3 is 19.5 Å². The summed E-state index contributed by atoms with van der Waals surface area (Å²) in [7, 11) is 0. The summed E-state index contributed by atoms with van der Waals surface area (Å²) in [4.78, 5) is 0. The molecule has 0 aliphatic rings. The maximum Gasteiger partial charge on any atom is 1.00 e. The average Bonchev–Trinajstić information content (AvgIpc) is 1.86. The number of hydrogen-bond donors (Lipinski definition) is 0. The molecule has 2 heteroatoms. The van der Waals surface area contributed by atoms with Gasteiger partial charge in [0.25, 0.3) is 0 Å². The Morgan fingerprint density at radius 3 is 1.92 bits per heavy atom. The van der Waals surface area contributed by atoms with Gasteiger partial charge in [0.2, 0.25) is 0 Å². The number of hydrogen-bond acceptors (Lipinski definition) is 0. The van der Waals surface area contributed by atoms with E-state index in [1.54, 1.807) is 0 Å². The minimum absolute atomic E-state index is 0. The summed E-state index contributed by atoms with van der Waals surface area (Å²) in [6.45, 7) is 12.9. The summed E-state index contributed by atoms with van der Waals surface area (Å²) in [5.41, 5.74) is 7.62. The molecule has 0 bridgehead atoms. The molecule has 1 N–H and O–H groups in total. The fourth-order valence-electron chi connectivity index (χ4n) is 1.37. The van der Waals surface area contributed by atoms with Gasteiger partial charge in [-0.2, -0.15) is 0 Å². The molecule has 1 radical (unpaired) electrons. The summed E-state index contributed by atoms with van der Waals surface area (Å²) >= 11 is 0. The Bertz CT molecular complexity index is 139. The van der Waals surface area contributed by atoms with Crippen LogP contribution in [0.2, 0.25) is 0 Å². The molecule has 0 fully saturated rings. The molecule has 0 unspecified atom stereocenters. The Morgan fingerprint density at radius 2 is 1.67 bits per heavy atom. The second-order valence-electron chi connectivity index (χ2n) is 4.71. The predicted molar refractivity (Wildman–Crippen MR) is 51.6 cm³/mol. The van der Waals surface area contributed by atoms with E-state index in [1.807, 2.05) is 6.08 Å². The normalized spacial score (nSPS) is 12.1. The van der Waals surface area contributed by atoms with Crippen LogP contribution in [0.1, 0.15) is 34.1 Å². The second kappa shape index (κ2) is 5.14. The number of allylic oxidation sites excluding steroid dienone is 1. The van der Waals surface area contributed by atoms with Gasteiger partial charge in [0.1, 0.15) is 0 Å². The monoisotopic (exact) mass is 256 g/mol. The van der Waals surface area contributed by atoms with Crippen molar-refractivity contribution in [3.8, 4) is 0 Å². The fraction of sp³-hybridized carbons (Fsp3) is 0.800. The first-order valence-electron chi connectivity index (χ1n) is 4.11. The standard InChI is InChI=1S/C10H20N.Ru/c1-6-9(2,3)7-10(4,5)8-11;/h6,11H,1,7-8H2,2-5H3;/q-1;+1. The maximum atomic E-state index is 7.33. The summed E-state index contributed by atoms with van der Waals surface area (Å²) in [5, 5.41) is 0. The summed E-state index contributed by atoms with van der Waals surface area (Å²) in [6.07, 6.45) is 3.01. The number of nitrogens with one attached hydrogen (secondary N) is 1. The van der Waals surface area contributed by atoms with Crippen LogP contribution < -0.4 is 0 Å². The van der Waals surface area contributed by atoms with Gasteiger partial charge in [0.15, 0.2) is 0 Å². The van der Waals surface area contributed by atoms with Gasteiger partial charge in [-0.1, -0.05) is 39.2 Å². The third-order valence-electron chi connectivity index (χ3n) is 1.97. The van der Waals surface area contributed by atoms with E-state index >= 15 is 0 Å². The van der Waals surface area contributed by atoms with E-state index in [2.05, 4.69) is 34.3 Å². The Balaban J connectivity index is 0. The van der Waals surface area contributed by atoms with E-state index in [0.717, 1.165) is 6.42 Å². The Labute approximate surface area is 89.6 Å². The first kappa shape index (κ1) is 14.8. The summed E-state index contributed by atoms with van der Waals surface area (Å²) < 4.78 is 0. The molecule has 0 heterocycles. The molecule has 0 aromatic rings. The smallest absolute Gasteiger partial charge is 0.677 e. The first-order valence-corrected chi connectivity index (χ1v) is 4.11.